The average Bonchev–Trinajstić information content (AvgIpc) is 2.83. The van der Waals surface area contributed by atoms with Gasteiger partial charge >= 0.3 is 0 Å². The topological polar surface area (TPSA) is 29.3 Å². The van der Waals surface area contributed by atoms with Crippen molar-refractivity contribution in [1.29, 1.82) is 0 Å². The Kier molecular flexibility index (Phi) is 3.29. The van der Waals surface area contributed by atoms with Gasteiger partial charge in [-0.3, -0.25) is 0 Å². The molecule has 1 saturated carbocycles. The van der Waals surface area contributed by atoms with Crippen LogP contribution in [0.1, 0.15) is 44.1 Å². The van der Waals surface area contributed by atoms with Crippen LogP contribution in [0.15, 0.2) is 24.3 Å². The summed E-state index contributed by atoms with van der Waals surface area (Å²) in [5, 5.41) is 0. The summed E-state index contributed by atoms with van der Waals surface area (Å²) in [7, 11) is 0. The molecular weight excluding hydrogens is 220 g/mol. The van der Waals surface area contributed by atoms with Crippen LogP contribution in [0.2, 0.25) is 0 Å². The van der Waals surface area contributed by atoms with Gasteiger partial charge in [0, 0.05) is 25.3 Å². The smallest absolute Gasteiger partial charge is 0.0411 e. The Balaban J connectivity index is 1.78. The van der Waals surface area contributed by atoms with E-state index >= 15 is 0 Å². The van der Waals surface area contributed by atoms with Crippen LogP contribution in [0, 0.1) is 5.41 Å². The zero-order valence-electron chi connectivity index (χ0n) is 11.2. The molecule has 98 valence electrons. The molecule has 2 fully saturated rings. The molecule has 0 aromatic heterocycles. The summed E-state index contributed by atoms with van der Waals surface area (Å²) in [5.41, 5.74) is 9.16. The SMILES string of the molecule is NCc1ccccc1N1CCC2(CCCCC2)C1. The standard InChI is InChI=1S/C16H24N2/c17-12-14-6-2-3-7-15(14)18-11-10-16(13-18)8-4-1-5-9-16/h2-3,6-7H,1,4-5,8-13,17H2. The zero-order valence-corrected chi connectivity index (χ0v) is 11.2. The van der Waals surface area contributed by atoms with Crippen LogP contribution in [0.3, 0.4) is 0 Å². The van der Waals surface area contributed by atoms with Crippen molar-refractivity contribution in [3.63, 3.8) is 0 Å². The van der Waals surface area contributed by atoms with Gasteiger partial charge in [-0.05, 0) is 36.3 Å². The van der Waals surface area contributed by atoms with E-state index in [1.165, 1.54) is 62.9 Å². The van der Waals surface area contributed by atoms with Crippen molar-refractivity contribution in [2.24, 2.45) is 11.1 Å². The monoisotopic (exact) mass is 244 g/mol. The van der Waals surface area contributed by atoms with Gasteiger partial charge in [0.05, 0.1) is 0 Å². The van der Waals surface area contributed by atoms with E-state index in [0.29, 0.717) is 12.0 Å². The molecule has 2 heteroatoms. The summed E-state index contributed by atoms with van der Waals surface area (Å²) >= 11 is 0. The molecule has 18 heavy (non-hydrogen) atoms. The third kappa shape index (κ3) is 2.14. The molecule has 0 amide bonds. The largest absolute Gasteiger partial charge is 0.371 e. The van der Waals surface area contributed by atoms with Gasteiger partial charge in [-0.2, -0.15) is 0 Å². The van der Waals surface area contributed by atoms with Crippen LogP contribution in [-0.2, 0) is 6.54 Å². The number of nitrogens with two attached hydrogens (primary N) is 1. The summed E-state index contributed by atoms with van der Waals surface area (Å²) in [5.74, 6) is 0. The van der Waals surface area contributed by atoms with Gasteiger partial charge < -0.3 is 10.6 Å². The van der Waals surface area contributed by atoms with Gasteiger partial charge in [-0.15, -0.1) is 0 Å². The van der Waals surface area contributed by atoms with Crippen molar-refractivity contribution in [3.05, 3.63) is 29.8 Å². The second kappa shape index (κ2) is 4.93. The third-order valence-electron chi connectivity index (χ3n) is 4.90. The maximum Gasteiger partial charge on any atom is 0.0411 e. The van der Waals surface area contributed by atoms with E-state index in [9.17, 15) is 0 Å². The van der Waals surface area contributed by atoms with Gasteiger partial charge in [0.2, 0.25) is 0 Å². The Bertz CT molecular complexity index is 407. The molecule has 1 aromatic carbocycles. The number of rotatable bonds is 2. The highest BCUT2D eigenvalue weighted by atomic mass is 15.2. The zero-order chi connectivity index (χ0) is 12.4. The number of benzene rings is 1. The van der Waals surface area contributed by atoms with E-state index < -0.39 is 0 Å². The van der Waals surface area contributed by atoms with E-state index in [1.807, 2.05) is 0 Å². The van der Waals surface area contributed by atoms with Gasteiger partial charge in [0.25, 0.3) is 0 Å². The fourth-order valence-electron chi connectivity index (χ4n) is 3.84. The number of anilines is 1. The normalized spacial score (nSPS) is 22.6. The molecule has 1 aromatic rings. The molecule has 3 rings (SSSR count). The van der Waals surface area contributed by atoms with Crippen molar-refractivity contribution in [1.82, 2.24) is 0 Å². The van der Waals surface area contributed by atoms with Crippen LogP contribution in [0.4, 0.5) is 5.69 Å². The lowest BCUT2D eigenvalue weighted by molar-refractivity contribution is 0.219. The van der Waals surface area contributed by atoms with Gasteiger partial charge in [-0.1, -0.05) is 37.5 Å². The lowest BCUT2D eigenvalue weighted by Gasteiger charge is -2.33. The number of hydrogen-bond donors (Lipinski definition) is 1. The first-order chi connectivity index (χ1) is 8.83. The Morgan fingerprint density at radius 1 is 1.06 bits per heavy atom. The van der Waals surface area contributed by atoms with E-state index in [-0.39, 0.29) is 0 Å². The average molecular weight is 244 g/mol. The molecule has 2 nitrogen and oxygen atoms in total. The molecule has 1 heterocycles. The van der Waals surface area contributed by atoms with Crippen LogP contribution in [0.25, 0.3) is 0 Å². The molecule has 1 aliphatic carbocycles. The van der Waals surface area contributed by atoms with E-state index in [2.05, 4.69) is 29.2 Å². The first kappa shape index (κ1) is 12.0. The van der Waals surface area contributed by atoms with Crippen LogP contribution in [0.5, 0.6) is 0 Å². The molecule has 0 bridgehead atoms. The Morgan fingerprint density at radius 2 is 1.83 bits per heavy atom. The van der Waals surface area contributed by atoms with Crippen molar-refractivity contribution in [2.75, 3.05) is 18.0 Å². The fourth-order valence-corrected chi connectivity index (χ4v) is 3.84. The first-order valence-corrected chi connectivity index (χ1v) is 7.36. The Hall–Kier alpha value is -1.02. The van der Waals surface area contributed by atoms with Crippen LogP contribution in [-0.4, -0.2) is 13.1 Å². The molecule has 1 spiro atoms. The minimum absolute atomic E-state index is 0.625. The van der Waals surface area contributed by atoms with E-state index in [4.69, 9.17) is 5.73 Å². The van der Waals surface area contributed by atoms with Crippen molar-refractivity contribution < 1.29 is 0 Å². The summed E-state index contributed by atoms with van der Waals surface area (Å²) in [4.78, 5) is 2.58. The quantitative estimate of drug-likeness (QED) is 0.865. The van der Waals surface area contributed by atoms with Gasteiger partial charge in [0.15, 0.2) is 0 Å². The minimum atomic E-state index is 0.625. The lowest BCUT2D eigenvalue weighted by Crippen LogP contribution is -2.29. The van der Waals surface area contributed by atoms with Crippen LogP contribution >= 0.6 is 0 Å². The fraction of sp³-hybridized carbons (Fsp3) is 0.625. The van der Waals surface area contributed by atoms with Crippen molar-refractivity contribution in [2.45, 2.75) is 45.1 Å². The summed E-state index contributed by atoms with van der Waals surface area (Å²) in [6.45, 7) is 3.13. The minimum Gasteiger partial charge on any atom is -0.371 e. The predicted octanol–water partition coefficient (Wildman–Crippen LogP) is 3.31. The lowest BCUT2D eigenvalue weighted by atomic mass is 9.73. The van der Waals surface area contributed by atoms with E-state index in [1.54, 1.807) is 0 Å². The third-order valence-corrected chi connectivity index (χ3v) is 4.90. The summed E-state index contributed by atoms with van der Waals surface area (Å²) in [6.07, 6.45) is 8.58. The van der Waals surface area contributed by atoms with Gasteiger partial charge in [-0.25, -0.2) is 0 Å². The number of hydrogen-bond acceptors (Lipinski definition) is 2. The Labute approximate surface area is 110 Å². The Morgan fingerprint density at radius 3 is 2.61 bits per heavy atom. The number of nitrogens with zero attached hydrogens (tertiary/aromatic N) is 1. The maximum absolute atomic E-state index is 5.86. The summed E-state index contributed by atoms with van der Waals surface area (Å²) in [6, 6.07) is 8.64. The second-order valence-electron chi connectivity index (χ2n) is 6.07. The van der Waals surface area contributed by atoms with Crippen molar-refractivity contribution >= 4 is 5.69 Å². The highest BCUT2D eigenvalue weighted by Crippen LogP contribution is 2.45. The molecule has 1 aliphatic heterocycles. The highest BCUT2D eigenvalue weighted by molar-refractivity contribution is 5.54. The molecule has 2 aliphatic rings. The molecule has 0 unspecified atom stereocenters. The first-order valence-electron chi connectivity index (χ1n) is 7.36. The number of para-hydroxylation sites is 1. The van der Waals surface area contributed by atoms with E-state index in [0.717, 1.165) is 0 Å². The van der Waals surface area contributed by atoms with Gasteiger partial charge in [0.1, 0.15) is 0 Å². The highest BCUT2D eigenvalue weighted by Gasteiger charge is 2.39. The maximum atomic E-state index is 5.86. The molecule has 0 radical (unpaired) electrons. The van der Waals surface area contributed by atoms with Crippen LogP contribution < -0.4 is 10.6 Å². The molecule has 0 atom stereocenters. The predicted molar refractivity (Wildman–Crippen MR) is 76.7 cm³/mol. The van der Waals surface area contributed by atoms with Crippen molar-refractivity contribution in [3.8, 4) is 0 Å². The summed E-state index contributed by atoms with van der Waals surface area (Å²) < 4.78 is 0. The molecule has 1 saturated heterocycles. The molecule has 2 N–H and O–H groups in total. The molecular formula is C16H24N2. The second-order valence-corrected chi connectivity index (χ2v) is 6.07.